The molecule has 0 bridgehead atoms. The number of thioether (sulfide) groups is 1. The molecule has 0 aliphatic rings. The van der Waals surface area contributed by atoms with Crippen molar-refractivity contribution in [3.8, 4) is 0 Å². The van der Waals surface area contributed by atoms with Gasteiger partial charge in [0.25, 0.3) is 0 Å². The van der Waals surface area contributed by atoms with Gasteiger partial charge in [0.1, 0.15) is 6.04 Å². The molecule has 0 unspecified atom stereocenters. The van der Waals surface area contributed by atoms with Crippen molar-refractivity contribution in [2.45, 2.75) is 32.6 Å². The maximum absolute atomic E-state index is 12.0. The molecule has 1 rings (SSSR count). The largest absolute Gasteiger partial charge is 0.353 e. The van der Waals surface area contributed by atoms with Crippen LogP contribution >= 0.6 is 11.8 Å². The van der Waals surface area contributed by atoms with Crippen LogP contribution < -0.4 is 10.6 Å². The van der Waals surface area contributed by atoms with E-state index in [1.54, 1.807) is 11.8 Å². The van der Waals surface area contributed by atoms with Gasteiger partial charge in [0.15, 0.2) is 0 Å². The van der Waals surface area contributed by atoms with Crippen LogP contribution in [-0.2, 0) is 15.3 Å². The van der Waals surface area contributed by atoms with Gasteiger partial charge in [-0.25, -0.2) is 0 Å². The van der Waals surface area contributed by atoms with Crippen LogP contribution in [0.25, 0.3) is 0 Å². The van der Waals surface area contributed by atoms with Crippen LogP contribution in [0.15, 0.2) is 30.3 Å². The lowest BCUT2D eigenvalue weighted by atomic mass is 10.0. The molecule has 0 fully saturated rings. The summed E-state index contributed by atoms with van der Waals surface area (Å²) in [6.45, 7) is 5.88. The molecule has 0 spiro atoms. The van der Waals surface area contributed by atoms with E-state index in [9.17, 15) is 9.59 Å². The molecule has 2 N–H and O–H groups in total. The number of rotatable bonds is 8. The van der Waals surface area contributed by atoms with Crippen LogP contribution in [0.2, 0.25) is 0 Å². The van der Waals surface area contributed by atoms with E-state index in [4.69, 9.17) is 0 Å². The molecule has 0 aromatic heterocycles. The number of carbonyl (C=O) groups is 2. The minimum atomic E-state index is -0.457. The SMILES string of the molecule is CC(=O)N[C@H](C(=O)NCCSCc1ccccc1)C(C)C. The smallest absolute Gasteiger partial charge is 0.242 e. The first-order chi connectivity index (χ1) is 10.0. The number of hydrogen-bond donors (Lipinski definition) is 2. The molecule has 1 aromatic carbocycles. The van der Waals surface area contributed by atoms with Crippen molar-refractivity contribution in [2.24, 2.45) is 5.92 Å². The van der Waals surface area contributed by atoms with Gasteiger partial charge in [0, 0.05) is 25.0 Å². The van der Waals surface area contributed by atoms with Gasteiger partial charge in [-0.1, -0.05) is 44.2 Å². The number of amides is 2. The van der Waals surface area contributed by atoms with Crippen molar-refractivity contribution < 1.29 is 9.59 Å². The molecule has 1 aromatic rings. The van der Waals surface area contributed by atoms with Crippen molar-refractivity contribution in [3.05, 3.63) is 35.9 Å². The Balaban J connectivity index is 2.24. The summed E-state index contributed by atoms with van der Waals surface area (Å²) in [6, 6.07) is 9.79. The van der Waals surface area contributed by atoms with Crippen molar-refractivity contribution in [1.29, 1.82) is 0 Å². The molecule has 0 radical (unpaired) electrons. The summed E-state index contributed by atoms with van der Waals surface area (Å²) in [5.41, 5.74) is 1.28. The Morgan fingerprint density at radius 3 is 2.43 bits per heavy atom. The van der Waals surface area contributed by atoms with Gasteiger partial charge in [-0.15, -0.1) is 0 Å². The molecule has 0 saturated carbocycles. The van der Waals surface area contributed by atoms with E-state index < -0.39 is 6.04 Å². The van der Waals surface area contributed by atoms with E-state index in [1.165, 1.54) is 12.5 Å². The lowest BCUT2D eigenvalue weighted by Gasteiger charge is -2.20. The van der Waals surface area contributed by atoms with E-state index in [2.05, 4.69) is 22.8 Å². The molecule has 4 nitrogen and oxygen atoms in total. The van der Waals surface area contributed by atoms with Crippen molar-refractivity contribution in [1.82, 2.24) is 10.6 Å². The van der Waals surface area contributed by atoms with Crippen molar-refractivity contribution in [3.63, 3.8) is 0 Å². The normalized spacial score (nSPS) is 12.0. The Kier molecular flexibility index (Phi) is 7.90. The highest BCUT2D eigenvalue weighted by atomic mass is 32.2. The Labute approximate surface area is 131 Å². The minimum Gasteiger partial charge on any atom is -0.353 e. The van der Waals surface area contributed by atoms with E-state index in [0.717, 1.165) is 11.5 Å². The Morgan fingerprint density at radius 2 is 1.86 bits per heavy atom. The van der Waals surface area contributed by atoms with Gasteiger partial charge in [-0.05, 0) is 11.5 Å². The summed E-state index contributed by atoms with van der Waals surface area (Å²) < 4.78 is 0. The highest BCUT2D eigenvalue weighted by Crippen LogP contribution is 2.10. The first-order valence-corrected chi connectivity index (χ1v) is 8.32. The zero-order valence-corrected chi connectivity index (χ0v) is 13.7. The Hall–Kier alpha value is -1.49. The topological polar surface area (TPSA) is 58.2 Å². The Morgan fingerprint density at radius 1 is 1.19 bits per heavy atom. The van der Waals surface area contributed by atoms with E-state index in [0.29, 0.717) is 6.54 Å². The average molecular weight is 308 g/mol. The summed E-state index contributed by atoms with van der Waals surface area (Å²) in [7, 11) is 0. The minimum absolute atomic E-state index is 0.0749. The lowest BCUT2D eigenvalue weighted by molar-refractivity contribution is -0.129. The maximum Gasteiger partial charge on any atom is 0.242 e. The summed E-state index contributed by atoms with van der Waals surface area (Å²) >= 11 is 1.78. The van der Waals surface area contributed by atoms with Gasteiger partial charge in [0.05, 0.1) is 0 Å². The fourth-order valence-corrected chi connectivity index (χ4v) is 2.69. The lowest BCUT2D eigenvalue weighted by Crippen LogP contribution is -2.49. The third-order valence-corrected chi connectivity index (χ3v) is 4.00. The fourth-order valence-electron chi connectivity index (χ4n) is 1.87. The second-order valence-corrected chi connectivity index (χ2v) is 6.36. The molecule has 0 aliphatic carbocycles. The number of hydrogen-bond acceptors (Lipinski definition) is 3. The zero-order valence-electron chi connectivity index (χ0n) is 12.9. The third-order valence-electron chi connectivity index (χ3n) is 2.97. The highest BCUT2D eigenvalue weighted by molar-refractivity contribution is 7.98. The van der Waals surface area contributed by atoms with Gasteiger partial charge in [0.2, 0.25) is 11.8 Å². The number of carbonyl (C=O) groups excluding carboxylic acids is 2. The molecule has 5 heteroatoms. The Bertz CT molecular complexity index is 449. The molecule has 116 valence electrons. The quantitative estimate of drug-likeness (QED) is 0.724. The predicted octanol–water partition coefficient (Wildman–Crippen LogP) is 2.20. The first kappa shape index (κ1) is 17.6. The summed E-state index contributed by atoms with van der Waals surface area (Å²) in [5, 5.41) is 5.57. The number of nitrogens with one attached hydrogen (secondary N) is 2. The molecule has 0 heterocycles. The molecular weight excluding hydrogens is 284 g/mol. The van der Waals surface area contributed by atoms with Crippen LogP contribution in [0.5, 0.6) is 0 Å². The molecule has 0 aliphatic heterocycles. The fraction of sp³-hybridized carbons (Fsp3) is 0.500. The summed E-state index contributed by atoms with van der Waals surface area (Å²) in [5.74, 6) is 1.58. The van der Waals surface area contributed by atoms with Crippen LogP contribution in [0.3, 0.4) is 0 Å². The van der Waals surface area contributed by atoms with E-state index in [-0.39, 0.29) is 17.7 Å². The summed E-state index contributed by atoms with van der Waals surface area (Å²) in [6.07, 6.45) is 0. The van der Waals surface area contributed by atoms with Gasteiger partial charge >= 0.3 is 0 Å². The predicted molar refractivity (Wildman–Crippen MR) is 88.1 cm³/mol. The maximum atomic E-state index is 12.0. The van der Waals surface area contributed by atoms with Crippen LogP contribution in [0, 0.1) is 5.92 Å². The van der Waals surface area contributed by atoms with Gasteiger partial charge in [-0.2, -0.15) is 11.8 Å². The standard InChI is InChI=1S/C16H24N2O2S/c1-12(2)15(18-13(3)19)16(20)17-9-10-21-11-14-7-5-4-6-8-14/h4-8,12,15H,9-11H2,1-3H3,(H,17,20)(H,18,19)/t15-/m0/s1. The number of benzene rings is 1. The van der Waals surface area contributed by atoms with Crippen LogP contribution in [-0.4, -0.2) is 30.2 Å². The second kappa shape index (κ2) is 9.45. The zero-order chi connectivity index (χ0) is 15.7. The highest BCUT2D eigenvalue weighted by Gasteiger charge is 2.22. The molecule has 2 amide bonds. The van der Waals surface area contributed by atoms with E-state index in [1.807, 2.05) is 32.0 Å². The van der Waals surface area contributed by atoms with Gasteiger partial charge in [-0.3, -0.25) is 9.59 Å². The van der Waals surface area contributed by atoms with Crippen molar-refractivity contribution in [2.75, 3.05) is 12.3 Å². The monoisotopic (exact) mass is 308 g/mol. The van der Waals surface area contributed by atoms with E-state index >= 15 is 0 Å². The van der Waals surface area contributed by atoms with Crippen molar-refractivity contribution >= 4 is 23.6 Å². The second-order valence-electron chi connectivity index (χ2n) is 5.25. The van der Waals surface area contributed by atoms with Crippen LogP contribution in [0.4, 0.5) is 0 Å². The molecule has 1 atom stereocenters. The molecule has 0 saturated heterocycles. The molecular formula is C16H24N2O2S. The average Bonchev–Trinajstić information content (AvgIpc) is 2.44. The van der Waals surface area contributed by atoms with Gasteiger partial charge < -0.3 is 10.6 Å². The molecule has 21 heavy (non-hydrogen) atoms. The summed E-state index contributed by atoms with van der Waals surface area (Å²) in [4.78, 5) is 23.1. The third kappa shape index (κ3) is 7.18. The van der Waals surface area contributed by atoms with Crippen LogP contribution in [0.1, 0.15) is 26.3 Å². The first-order valence-electron chi connectivity index (χ1n) is 7.17.